The van der Waals surface area contributed by atoms with Gasteiger partial charge >= 0.3 is 0 Å². The Balaban J connectivity index is 1.84. The van der Waals surface area contributed by atoms with Crippen molar-refractivity contribution in [1.29, 1.82) is 0 Å². The fourth-order valence-corrected chi connectivity index (χ4v) is 3.24. The number of thioether (sulfide) groups is 1. The normalized spacial score (nSPS) is 10.7. The molecular formula is C18H15BrN2O2S. The monoisotopic (exact) mass is 402 g/mol. The maximum Gasteiger partial charge on any atom is 0.271 e. The molecule has 0 amide bonds. The average molecular weight is 403 g/mol. The highest BCUT2D eigenvalue weighted by Crippen LogP contribution is 2.24. The molecule has 0 aliphatic rings. The van der Waals surface area contributed by atoms with Crippen LogP contribution in [-0.2, 0) is 0 Å². The van der Waals surface area contributed by atoms with Crippen LogP contribution in [0.3, 0.4) is 0 Å². The van der Waals surface area contributed by atoms with E-state index in [-0.39, 0.29) is 12.5 Å². The predicted octanol–water partition coefficient (Wildman–Crippen LogP) is 4.80. The van der Waals surface area contributed by atoms with Gasteiger partial charge in [0.1, 0.15) is 5.75 Å². The van der Waals surface area contributed by atoms with E-state index in [0.717, 1.165) is 15.5 Å². The van der Waals surface area contributed by atoms with Gasteiger partial charge in [-0.05, 0) is 36.4 Å². The van der Waals surface area contributed by atoms with Gasteiger partial charge in [0.2, 0.25) is 0 Å². The number of benzene rings is 2. The van der Waals surface area contributed by atoms with Crippen molar-refractivity contribution in [2.24, 2.45) is 0 Å². The lowest BCUT2D eigenvalue weighted by Gasteiger charge is -2.09. The molecule has 24 heavy (non-hydrogen) atoms. The van der Waals surface area contributed by atoms with Gasteiger partial charge in [0.15, 0.2) is 11.8 Å². The smallest absolute Gasteiger partial charge is 0.271 e. The van der Waals surface area contributed by atoms with E-state index < -0.39 is 0 Å². The lowest BCUT2D eigenvalue weighted by Crippen LogP contribution is -2.20. The van der Waals surface area contributed by atoms with Gasteiger partial charge in [-0.1, -0.05) is 45.9 Å². The molecule has 0 spiro atoms. The largest absolute Gasteiger partial charge is 0.484 e. The molecule has 1 aromatic heterocycles. The molecule has 0 unspecified atom stereocenters. The Hall–Kier alpha value is -2.05. The first kappa shape index (κ1) is 16.8. The number of para-hydroxylation sites is 2. The molecule has 0 aliphatic carbocycles. The van der Waals surface area contributed by atoms with Crippen molar-refractivity contribution in [2.75, 3.05) is 12.4 Å². The minimum absolute atomic E-state index is 0.0519. The summed E-state index contributed by atoms with van der Waals surface area (Å²) < 4.78 is 8.18. The summed E-state index contributed by atoms with van der Waals surface area (Å²) in [6, 6.07) is 15.0. The van der Waals surface area contributed by atoms with E-state index in [2.05, 4.69) is 27.5 Å². The fraction of sp³-hybridized carbons (Fsp3) is 0.111. The molecule has 0 saturated heterocycles. The first-order valence-electron chi connectivity index (χ1n) is 7.32. The van der Waals surface area contributed by atoms with Crippen LogP contribution in [0.2, 0.25) is 0 Å². The van der Waals surface area contributed by atoms with E-state index in [9.17, 15) is 4.79 Å². The molecule has 0 aliphatic heterocycles. The summed E-state index contributed by atoms with van der Waals surface area (Å²) in [4.78, 5) is 17.2. The van der Waals surface area contributed by atoms with Gasteiger partial charge in [0.05, 0.1) is 11.0 Å². The summed E-state index contributed by atoms with van der Waals surface area (Å²) in [7, 11) is 0. The molecular weight excluding hydrogens is 388 g/mol. The number of imidazole rings is 1. The summed E-state index contributed by atoms with van der Waals surface area (Å²) in [5.41, 5.74) is 1.58. The molecule has 0 saturated carbocycles. The van der Waals surface area contributed by atoms with Gasteiger partial charge in [-0.3, -0.25) is 9.36 Å². The molecule has 4 nitrogen and oxygen atoms in total. The number of carbonyl (C=O) groups excluding carboxylic acids is 1. The molecule has 122 valence electrons. The van der Waals surface area contributed by atoms with Gasteiger partial charge < -0.3 is 4.74 Å². The summed E-state index contributed by atoms with van der Waals surface area (Å²) in [6.45, 7) is 3.66. The minimum Gasteiger partial charge on any atom is -0.484 e. The zero-order chi connectivity index (χ0) is 16.9. The highest BCUT2D eigenvalue weighted by molar-refractivity contribution is 9.10. The lowest BCUT2D eigenvalue weighted by molar-refractivity contribution is 0.0832. The minimum atomic E-state index is -0.154. The van der Waals surface area contributed by atoms with E-state index in [0.29, 0.717) is 16.7 Å². The zero-order valence-electron chi connectivity index (χ0n) is 12.8. The second-order valence-electron chi connectivity index (χ2n) is 4.95. The van der Waals surface area contributed by atoms with E-state index in [1.807, 2.05) is 48.5 Å². The van der Waals surface area contributed by atoms with Gasteiger partial charge in [-0.2, -0.15) is 0 Å². The Bertz CT molecular complexity index is 874. The maximum atomic E-state index is 12.7. The Morgan fingerprint density at radius 1 is 1.25 bits per heavy atom. The van der Waals surface area contributed by atoms with Crippen LogP contribution < -0.4 is 4.74 Å². The number of halogens is 1. The van der Waals surface area contributed by atoms with Crippen LogP contribution in [0, 0.1) is 0 Å². The molecule has 0 fully saturated rings. The maximum absolute atomic E-state index is 12.7. The summed E-state index contributed by atoms with van der Waals surface area (Å²) in [6.07, 6.45) is 1.79. The van der Waals surface area contributed by atoms with Crippen LogP contribution in [-0.4, -0.2) is 27.8 Å². The second kappa shape index (κ2) is 7.68. The predicted molar refractivity (Wildman–Crippen MR) is 101 cm³/mol. The number of rotatable bonds is 6. The van der Waals surface area contributed by atoms with Crippen molar-refractivity contribution in [3.63, 3.8) is 0 Å². The Morgan fingerprint density at radius 3 is 2.75 bits per heavy atom. The number of nitrogens with zero attached hydrogens (tertiary/aromatic N) is 2. The molecule has 3 rings (SSSR count). The van der Waals surface area contributed by atoms with Gasteiger partial charge in [-0.15, -0.1) is 6.58 Å². The molecule has 6 heteroatoms. The van der Waals surface area contributed by atoms with Crippen LogP contribution in [0.25, 0.3) is 11.0 Å². The van der Waals surface area contributed by atoms with E-state index in [4.69, 9.17) is 4.74 Å². The van der Waals surface area contributed by atoms with Crippen LogP contribution in [0.1, 0.15) is 4.79 Å². The number of carbonyl (C=O) groups is 1. The van der Waals surface area contributed by atoms with Crippen LogP contribution in [0.4, 0.5) is 0 Å². The quantitative estimate of drug-likeness (QED) is 0.438. The third kappa shape index (κ3) is 3.71. The Morgan fingerprint density at radius 2 is 2.00 bits per heavy atom. The SMILES string of the molecule is C=CCSc1nc2ccccc2n1C(=O)COc1ccc(Br)cc1. The summed E-state index contributed by atoms with van der Waals surface area (Å²) >= 11 is 4.85. The number of ether oxygens (including phenoxy) is 1. The summed E-state index contributed by atoms with van der Waals surface area (Å²) in [5.74, 6) is 1.18. The topological polar surface area (TPSA) is 44.1 Å². The van der Waals surface area contributed by atoms with Crippen molar-refractivity contribution in [3.8, 4) is 5.75 Å². The van der Waals surface area contributed by atoms with E-state index in [1.165, 1.54) is 11.8 Å². The van der Waals surface area contributed by atoms with Crippen LogP contribution in [0.5, 0.6) is 5.75 Å². The first-order valence-corrected chi connectivity index (χ1v) is 9.09. The lowest BCUT2D eigenvalue weighted by atomic mass is 10.3. The molecule has 0 bridgehead atoms. The number of hydrogen-bond donors (Lipinski definition) is 0. The first-order chi connectivity index (χ1) is 11.7. The van der Waals surface area contributed by atoms with Crippen molar-refractivity contribution >= 4 is 44.6 Å². The van der Waals surface area contributed by atoms with Crippen molar-refractivity contribution < 1.29 is 9.53 Å². The highest BCUT2D eigenvalue weighted by Gasteiger charge is 2.17. The van der Waals surface area contributed by atoms with Crippen molar-refractivity contribution in [3.05, 3.63) is 65.7 Å². The van der Waals surface area contributed by atoms with E-state index >= 15 is 0 Å². The Kier molecular flexibility index (Phi) is 5.37. The number of hydrogen-bond acceptors (Lipinski definition) is 4. The third-order valence-corrected chi connectivity index (χ3v) is 4.75. The third-order valence-electron chi connectivity index (χ3n) is 3.29. The highest BCUT2D eigenvalue weighted by atomic mass is 79.9. The Labute approximate surface area is 152 Å². The number of fused-ring (bicyclic) bond motifs is 1. The van der Waals surface area contributed by atoms with Crippen molar-refractivity contribution in [2.45, 2.75) is 5.16 Å². The molecule has 0 atom stereocenters. The fourth-order valence-electron chi connectivity index (χ4n) is 2.22. The van der Waals surface area contributed by atoms with Gasteiger partial charge in [0.25, 0.3) is 5.91 Å². The summed E-state index contributed by atoms with van der Waals surface area (Å²) in [5, 5.41) is 0.653. The number of aromatic nitrogens is 2. The second-order valence-corrected chi connectivity index (χ2v) is 6.86. The molecule has 0 radical (unpaired) electrons. The van der Waals surface area contributed by atoms with Crippen LogP contribution >= 0.6 is 27.7 Å². The molecule has 1 heterocycles. The van der Waals surface area contributed by atoms with Gasteiger partial charge in [-0.25, -0.2) is 4.98 Å². The zero-order valence-corrected chi connectivity index (χ0v) is 15.2. The van der Waals surface area contributed by atoms with Crippen molar-refractivity contribution in [1.82, 2.24) is 9.55 Å². The molecule has 2 aromatic carbocycles. The average Bonchev–Trinajstić information content (AvgIpc) is 2.97. The standard InChI is InChI=1S/C18H15BrN2O2S/c1-2-11-24-18-20-15-5-3-4-6-16(15)21(18)17(22)12-23-14-9-7-13(19)8-10-14/h2-10H,1,11-12H2. The van der Waals surface area contributed by atoms with E-state index in [1.54, 1.807) is 10.6 Å². The van der Waals surface area contributed by atoms with Crippen LogP contribution in [0.15, 0.2) is 70.8 Å². The van der Waals surface area contributed by atoms with Gasteiger partial charge in [0, 0.05) is 10.2 Å². The molecule has 0 N–H and O–H groups in total. The molecule has 3 aromatic rings.